The van der Waals surface area contributed by atoms with Gasteiger partial charge >= 0.3 is 0 Å². The van der Waals surface area contributed by atoms with Gasteiger partial charge in [0, 0.05) is 0 Å². The van der Waals surface area contributed by atoms with E-state index in [9.17, 15) is 0 Å². The summed E-state index contributed by atoms with van der Waals surface area (Å²) < 4.78 is 0. The predicted octanol–water partition coefficient (Wildman–Crippen LogP) is 1.65. The quantitative estimate of drug-likeness (QED) is 0.614. The minimum Gasteiger partial charge on any atom is -0.367 e. The summed E-state index contributed by atoms with van der Waals surface area (Å²) in [6, 6.07) is 0. The standard InChI is InChI=1S/C10H18Cl2N6/c1-17(2)5-13-7-8(11)15-10(16-9(7)12)14-6-18(3)4/h13H,5-6H2,1-4H3,(H,14,15,16). The van der Waals surface area contributed by atoms with E-state index in [2.05, 4.69) is 20.6 Å². The van der Waals surface area contributed by atoms with Crippen molar-refractivity contribution in [2.45, 2.75) is 0 Å². The van der Waals surface area contributed by atoms with Gasteiger partial charge in [-0.1, -0.05) is 23.2 Å². The lowest BCUT2D eigenvalue weighted by atomic mass is 10.5. The van der Waals surface area contributed by atoms with Gasteiger partial charge in [-0.15, -0.1) is 0 Å². The van der Waals surface area contributed by atoms with Gasteiger partial charge in [0.05, 0.1) is 13.3 Å². The molecule has 0 fully saturated rings. The molecular weight excluding hydrogens is 275 g/mol. The number of nitrogens with one attached hydrogen (secondary N) is 2. The Labute approximate surface area is 117 Å². The topological polar surface area (TPSA) is 56.3 Å². The fraction of sp³-hybridized carbons (Fsp3) is 0.600. The second kappa shape index (κ2) is 6.94. The van der Waals surface area contributed by atoms with Crippen molar-refractivity contribution in [2.75, 3.05) is 52.2 Å². The lowest BCUT2D eigenvalue weighted by Crippen LogP contribution is -2.23. The van der Waals surface area contributed by atoms with Crippen LogP contribution in [0.5, 0.6) is 0 Å². The molecule has 0 saturated heterocycles. The van der Waals surface area contributed by atoms with Crippen molar-refractivity contribution < 1.29 is 0 Å². The summed E-state index contributed by atoms with van der Waals surface area (Å²) in [5, 5.41) is 6.69. The zero-order valence-electron chi connectivity index (χ0n) is 11.0. The Morgan fingerprint density at radius 3 is 1.78 bits per heavy atom. The molecule has 0 spiro atoms. The average molecular weight is 293 g/mol. The minimum atomic E-state index is 0.304. The van der Waals surface area contributed by atoms with Crippen LogP contribution in [-0.2, 0) is 0 Å². The highest BCUT2D eigenvalue weighted by atomic mass is 35.5. The molecule has 0 aliphatic carbocycles. The third-order valence-corrected chi connectivity index (χ3v) is 2.49. The van der Waals surface area contributed by atoms with Gasteiger partial charge in [-0.2, -0.15) is 9.97 Å². The first-order valence-electron chi connectivity index (χ1n) is 5.40. The summed E-state index contributed by atoms with van der Waals surface area (Å²) in [6.07, 6.45) is 0. The zero-order valence-corrected chi connectivity index (χ0v) is 12.5. The molecule has 1 heterocycles. The summed E-state index contributed by atoms with van der Waals surface area (Å²) >= 11 is 12.1. The Morgan fingerprint density at radius 1 is 0.889 bits per heavy atom. The van der Waals surface area contributed by atoms with Crippen LogP contribution in [0.3, 0.4) is 0 Å². The summed E-state index contributed by atoms with van der Waals surface area (Å²) in [4.78, 5) is 12.2. The summed E-state index contributed by atoms with van der Waals surface area (Å²) in [7, 11) is 7.73. The third-order valence-electron chi connectivity index (χ3n) is 1.95. The van der Waals surface area contributed by atoms with E-state index in [0.29, 0.717) is 35.3 Å². The van der Waals surface area contributed by atoms with E-state index >= 15 is 0 Å². The second-order valence-corrected chi connectivity index (χ2v) is 5.05. The van der Waals surface area contributed by atoms with Crippen molar-refractivity contribution in [1.82, 2.24) is 19.8 Å². The van der Waals surface area contributed by atoms with E-state index in [4.69, 9.17) is 23.2 Å². The van der Waals surface area contributed by atoms with Gasteiger partial charge in [0.15, 0.2) is 10.3 Å². The van der Waals surface area contributed by atoms with Crippen LogP contribution < -0.4 is 10.6 Å². The van der Waals surface area contributed by atoms with E-state index in [-0.39, 0.29) is 0 Å². The summed E-state index contributed by atoms with van der Waals surface area (Å²) in [5.74, 6) is 0.411. The van der Waals surface area contributed by atoms with Gasteiger partial charge in [-0.25, -0.2) is 0 Å². The molecule has 1 rings (SSSR count). The highest BCUT2D eigenvalue weighted by Gasteiger charge is 2.11. The largest absolute Gasteiger partial charge is 0.367 e. The SMILES string of the molecule is CN(C)CNc1nc(Cl)c(NCN(C)C)c(Cl)n1. The predicted molar refractivity (Wildman–Crippen MR) is 76.4 cm³/mol. The molecule has 0 aliphatic rings. The van der Waals surface area contributed by atoms with Crippen LogP contribution >= 0.6 is 23.2 Å². The van der Waals surface area contributed by atoms with E-state index < -0.39 is 0 Å². The van der Waals surface area contributed by atoms with E-state index in [1.165, 1.54) is 0 Å². The van der Waals surface area contributed by atoms with E-state index in [0.717, 1.165) is 0 Å². The van der Waals surface area contributed by atoms with Crippen LogP contribution in [0.15, 0.2) is 0 Å². The van der Waals surface area contributed by atoms with E-state index in [1.54, 1.807) is 0 Å². The molecule has 2 N–H and O–H groups in total. The van der Waals surface area contributed by atoms with Crippen molar-refractivity contribution in [3.8, 4) is 0 Å². The maximum atomic E-state index is 6.06. The lowest BCUT2D eigenvalue weighted by molar-refractivity contribution is 0.438. The molecule has 102 valence electrons. The Morgan fingerprint density at radius 2 is 1.33 bits per heavy atom. The number of aromatic nitrogens is 2. The Bertz CT molecular complexity index is 373. The molecule has 0 saturated carbocycles. The summed E-state index contributed by atoms with van der Waals surface area (Å²) in [5.41, 5.74) is 0.544. The van der Waals surface area contributed by atoms with Crippen molar-refractivity contribution in [2.24, 2.45) is 0 Å². The molecule has 8 heteroatoms. The van der Waals surface area contributed by atoms with Gasteiger partial charge in [0.2, 0.25) is 5.95 Å². The van der Waals surface area contributed by atoms with E-state index in [1.807, 2.05) is 38.0 Å². The Kier molecular flexibility index (Phi) is 5.87. The van der Waals surface area contributed by atoms with Gasteiger partial charge in [-0.3, -0.25) is 9.80 Å². The Balaban J connectivity index is 2.77. The maximum absolute atomic E-state index is 6.06. The molecule has 0 aliphatic heterocycles. The maximum Gasteiger partial charge on any atom is 0.226 e. The highest BCUT2D eigenvalue weighted by Crippen LogP contribution is 2.28. The number of anilines is 2. The van der Waals surface area contributed by atoms with Crippen LogP contribution in [0.2, 0.25) is 10.3 Å². The number of halogens is 2. The van der Waals surface area contributed by atoms with Gasteiger partial charge in [0.1, 0.15) is 5.69 Å². The first kappa shape index (κ1) is 15.2. The van der Waals surface area contributed by atoms with Crippen LogP contribution in [-0.4, -0.2) is 61.3 Å². The third kappa shape index (κ3) is 4.81. The molecule has 0 amide bonds. The molecule has 0 atom stereocenters. The average Bonchev–Trinajstić information content (AvgIpc) is 2.24. The fourth-order valence-electron chi connectivity index (χ4n) is 1.10. The normalized spacial score (nSPS) is 11.1. The van der Waals surface area contributed by atoms with Gasteiger partial charge in [0.25, 0.3) is 0 Å². The first-order valence-corrected chi connectivity index (χ1v) is 6.16. The van der Waals surface area contributed by atoms with Crippen molar-refractivity contribution >= 4 is 34.8 Å². The summed E-state index contributed by atoms with van der Waals surface area (Å²) in [6.45, 7) is 1.21. The molecule has 1 aromatic heterocycles. The van der Waals surface area contributed by atoms with Crippen molar-refractivity contribution in [3.63, 3.8) is 0 Å². The van der Waals surface area contributed by atoms with Gasteiger partial charge in [-0.05, 0) is 28.2 Å². The van der Waals surface area contributed by atoms with Crippen LogP contribution in [0.4, 0.5) is 11.6 Å². The zero-order chi connectivity index (χ0) is 13.7. The minimum absolute atomic E-state index is 0.304. The highest BCUT2D eigenvalue weighted by molar-refractivity contribution is 6.37. The molecule has 0 unspecified atom stereocenters. The number of hydrogen-bond donors (Lipinski definition) is 2. The smallest absolute Gasteiger partial charge is 0.226 e. The lowest BCUT2D eigenvalue weighted by Gasteiger charge is -2.15. The number of rotatable bonds is 6. The molecule has 6 nitrogen and oxygen atoms in total. The second-order valence-electron chi connectivity index (χ2n) is 4.33. The van der Waals surface area contributed by atoms with Crippen LogP contribution in [0.1, 0.15) is 0 Å². The van der Waals surface area contributed by atoms with Gasteiger partial charge < -0.3 is 10.6 Å². The molecule has 0 aromatic carbocycles. The molecule has 0 radical (unpaired) electrons. The molecule has 1 aromatic rings. The number of hydrogen-bond acceptors (Lipinski definition) is 6. The molecule has 0 bridgehead atoms. The monoisotopic (exact) mass is 292 g/mol. The van der Waals surface area contributed by atoms with Crippen LogP contribution in [0.25, 0.3) is 0 Å². The first-order chi connectivity index (χ1) is 8.40. The van der Waals surface area contributed by atoms with Crippen LogP contribution in [0, 0.1) is 0 Å². The fourth-order valence-corrected chi connectivity index (χ4v) is 1.62. The molecular formula is C10H18Cl2N6. The van der Waals surface area contributed by atoms with Crippen molar-refractivity contribution in [3.05, 3.63) is 10.3 Å². The Hall–Kier alpha value is -0.820. The van der Waals surface area contributed by atoms with Crippen molar-refractivity contribution in [1.29, 1.82) is 0 Å². The molecule has 18 heavy (non-hydrogen) atoms. The number of nitrogens with zero attached hydrogens (tertiary/aromatic N) is 4.